The van der Waals surface area contributed by atoms with Crippen LogP contribution in [0.3, 0.4) is 0 Å². The summed E-state index contributed by atoms with van der Waals surface area (Å²) in [4.78, 5) is 29.8. The molecule has 0 fully saturated rings. The molecule has 124 valence electrons. The maximum Gasteiger partial charge on any atom is 0.261 e. The molecule has 0 atom stereocenters. The van der Waals surface area contributed by atoms with Gasteiger partial charge >= 0.3 is 0 Å². The average Bonchev–Trinajstić information content (AvgIpc) is 2.80. The summed E-state index contributed by atoms with van der Waals surface area (Å²) in [6, 6.07) is 6.87. The van der Waals surface area contributed by atoms with E-state index in [2.05, 4.69) is 17.2 Å². The lowest BCUT2D eigenvalue weighted by Crippen LogP contribution is -2.40. The number of nitrogens with one attached hydrogen (secondary N) is 1. The van der Waals surface area contributed by atoms with Crippen LogP contribution in [0.5, 0.6) is 0 Å². The van der Waals surface area contributed by atoms with Crippen molar-refractivity contribution in [3.05, 3.63) is 35.4 Å². The molecule has 0 aliphatic carbocycles. The van der Waals surface area contributed by atoms with Gasteiger partial charge in [-0.05, 0) is 18.6 Å². The van der Waals surface area contributed by atoms with Crippen molar-refractivity contribution < 1.29 is 9.59 Å². The van der Waals surface area contributed by atoms with Gasteiger partial charge in [0.15, 0.2) is 5.96 Å². The first kappa shape index (κ1) is 17.0. The highest BCUT2D eigenvalue weighted by atomic mass is 16.2. The van der Waals surface area contributed by atoms with E-state index >= 15 is 0 Å². The molecule has 0 saturated heterocycles. The van der Waals surface area contributed by atoms with Crippen LogP contribution in [0.15, 0.2) is 29.3 Å². The maximum atomic E-state index is 12.2. The molecule has 0 bridgehead atoms. The van der Waals surface area contributed by atoms with Gasteiger partial charge in [0.1, 0.15) is 0 Å². The lowest BCUT2D eigenvalue weighted by molar-refractivity contribution is 0.0657. The zero-order valence-electron chi connectivity index (χ0n) is 13.5. The number of fused-ring (bicyclic) bond motifs is 1. The van der Waals surface area contributed by atoms with Gasteiger partial charge in [0.2, 0.25) is 0 Å². The van der Waals surface area contributed by atoms with Gasteiger partial charge in [0, 0.05) is 19.6 Å². The molecule has 0 spiro atoms. The van der Waals surface area contributed by atoms with Gasteiger partial charge in [-0.15, -0.1) is 0 Å². The lowest BCUT2D eigenvalue weighted by atomic mass is 10.1. The molecular weight excluding hydrogens is 292 g/mol. The zero-order valence-corrected chi connectivity index (χ0v) is 13.5. The van der Waals surface area contributed by atoms with Crippen LogP contribution in [0, 0.1) is 0 Å². The molecule has 0 aromatic heterocycles. The van der Waals surface area contributed by atoms with Gasteiger partial charge in [-0.3, -0.25) is 19.5 Å². The molecule has 0 unspecified atom stereocenters. The van der Waals surface area contributed by atoms with Gasteiger partial charge in [-0.1, -0.05) is 38.3 Å². The van der Waals surface area contributed by atoms with E-state index in [-0.39, 0.29) is 18.4 Å². The van der Waals surface area contributed by atoms with Crippen LogP contribution in [0.2, 0.25) is 0 Å². The fourth-order valence-electron chi connectivity index (χ4n) is 2.53. The Labute approximate surface area is 136 Å². The first-order valence-electron chi connectivity index (χ1n) is 8.14. The number of nitrogens with two attached hydrogens (primary N) is 1. The van der Waals surface area contributed by atoms with E-state index in [0.29, 0.717) is 30.2 Å². The SMILES string of the molecule is CCCCCCN=C(N)NCCN1C(=O)c2ccccc2C1=O. The van der Waals surface area contributed by atoms with Crippen LogP contribution in [0.4, 0.5) is 0 Å². The van der Waals surface area contributed by atoms with Crippen molar-refractivity contribution in [1.82, 2.24) is 10.2 Å². The van der Waals surface area contributed by atoms with E-state index in [1.165, 1.54) is 17.7 Å². The summed E-state index contributed by atoms with van der Waals surface area (Å²) in [5.74, 6) is -0.136. The molecule has 2 amide bonds. The molecule has 1 heterocycles. The number of hydrogen-bond donors (Lipinski definition) is 2. The fraction of sp³-hybridized carbons (Fsp3) is 0.471. The predicted molar refractivity (Wildman–Crippen MR) is 90.4 cm³/mol. The van der Waals surface area contributed by atoms with E-state index in [0.717, 1.165) is 12.8 Å². The first-order valence-corrected chi connectivity index (χ1v) is 8.14. The third-order valence-electron chi connectivity index (χ3n) is 3.81. The first-order chi connectivity index (χ1) is 11.1. The summed E-state index contributed by atoms with van der Waals surface area (Å²) in [7, 11) is 0. The minimum atomic E-state index is -0.248. The van der Waals surface area contributed by atoms with Gasteiger partial charge in [-0.25, -0.2) is 0 Å². The summed E-state index contributed by atoms with van der Waals surface area (Å²) < 4.78 is 0. The number of rotatable bonds is 8. The number of carbonyl (C=O) groups is 2. The normalized spacial score (nSPS) is 14.3. The molecule has 1 aromatic rings. The molecule has 2 rings (SSSR count). The summed E-state index contributed by atoms with van der Waals surface area (Å²) in [5, 5.41) is 2.95. The number of hydrogen-bond acceptors (Lipinski definition) is 3. The number of unbranched alkanes of at least 4 members (excludes halogenated alkanes) is 3. The molecule has 23 heavy (non-hydrogen) atoms. The van der Waals surface area contributed by atoms with Gasteiger partial charge in [0.05, 0.1) is 11.1 Å². The molecule has 6 nitrogen and oxygen atoms in total. The number of aliphatic imine (C=N–C) groups is 1. The fourth-order valence-corrected chi connectivity index (χ4v) is 2.53. The second kappa shape index (κ2) is 8.31. The second-order valence-corrected chi connectivity index (χ2v) is 5.56. The Morgan fingerprint density at radius 3 is 2.39 bits per heavy atom. The minimum Gasteiger partial charge on any atom is -0.370 e. The monoisotopic (exact) mass is 316 g/mol. The van der Waals surface area contributed by atoms with Crippen molar-refractivity contribution in [3.63, 3.8) is 0 Å². The van der Waals surface area contributed by atoms with Crippen molar-refractivity contribution in [1.29, 1.82) is 0 Å². The predicted octanol–water partition coefficient (Wildman–Crippen LogP) is 1.77. The third kappa shape index (κ3) is 4.31. The van der Waals surface area contributed by atoms with E-state index in [1.807, 2.05) is 0 Å². The molecule has 1 aliphatic rings. The topological polar surface area (TPSA) is 87.8 Å². The van der Waals surface area contributed by atoms with Crippen LogP contribution in [-0.4, -0.2) is 42.3 Å². The van der Waals surface area contributed by atoms with E-state index < -0.39 is 0 Å². The van der Waals surface area contributed by atoms with Crippen LogP contribution in [-0.2, 0) is 0 Å². The van der Waals surface area contributed by atoms with Crippen LogP contribution in [0.25, 0.3) is 0 Å². The van der Waals surface area contributed by atoms with Crippen molar-refractivity contribution in [2.24, 2.45) is 10.7 Å². The Hall–Kier alpha value is -2.37. The van der Waals surface area contributed by atoms with Gasteiger partial charge < -0.3 is 11.1 Å². The Morgan fingerprint density at radius 2 is 1.78 bits per heavy atom. The number of nitrogens with zero attached hydrogens (tertiary/aromatic N) is 2. The molecule has 1 aliphatic heterocycles. The zero-order chi connectivity index (χ0) is 16.7. The Morgan fingerprint density at radius 1 is 1.13 bits per heavy atom. The molecule has 0 radical (unpaired) electrons. The number of carbonyl (C=O) groups excluding carboxylic acids is 2. The van der Waals surface area contributed by atoms with E-state index in [9.17, 15) is 9.59 Å². The second-order valence-electron chi connectivity index (χ2n) is 5.56. The smallest absolute Gasteiger partial charge is 0.261 e. The molecule has 0 saturated carbocycles. The standard InChI is InChI=1S/C17H24N4O2/c1-2-3-4-7-10-19-17(18)20-11-12-21-15(22)13-8-5-6-9-14(13)16(21)23/h5-6,8-9H,2-4,7,10-12H2,1H3,(H3,18,19,20). The molecular formula is C17H24N4O2. The Bertz CT molecular complexity index is 563. The summed E-state index contributed by atoms with van der Waals surface area (Å²) >= 11 is 0. The molecule has 1 aromatic carbocycles. The maximum absolute atomic E-state index is 12.2. The van der Waals surface area contributed by atoms with Crippen LogP contribution >= 0.6 is 0 Å². The summed E-state index contributed by atoms with van der Waals surface area (Å²) in [6.45, 7) is 3.54. The number of benzene rings is 1. The van der Waals surface area contributed by atoms with E-state index in [4.69, 9.17) is 5.73 Å². The van der Waals surface area contributed by atoms with Crippen LogP contribution < -0.4 is 11.1 Å². The average molecular weight is 316 g/mol. The Balaban J connectivity index is 1.76. The third-order valence-corrected chi connectivity index (χ3v) is 3.81. The summed E-state index contributed by atoms with van der Waals surface area (Å²) in [6.07, 6.45) is 4.58. The van der Waals surface area contributed by atoms with Crippen molar-refractivity contribution in [2.45, 2.75) is 32.6 Å². The minimum absolute atomic E-state index is 0.248. The highest BCUT2D eigenvalue weighted by Crippen LogP contribution is 2.21. The van der Waals surface area contributed by atoms with Crippen molar-refractivity contribution in [2.75, 3.05) is 19.6 Å². The summed E-state index contributed by atoms with van der Waals surface area (Å²) in [5.41, 5.74) is 6.71. The highest BCUT2D eigenvalue weighted by molar-refractivity contribution is 6.21. The Kier molecular flexibility index (Phi) is 6.14. The number of imide groups is 1. The molecule has 6 heteroatoms. The van der Waals surface area contributed by atoms with Gasteiger partial charge in [0.25, 0.3) is 11.8 Å². The lowest BCUT2D eigenvalue weighted by Gasteiger charge is -2.14. The highest BCUT2D eigenvalue weighted by Gasteiger charge is 2.34. The quantitative estimate of drug-likeness (QED) is 0.331. The number of amides is 2. The van der Waals surface area contributed by atoms with Crippen LogP contribution in [0.1, 0.15) is 53.3 Å². The van der Waals surface area contributed by atoms with Crippen molar-refractivity contribution in [3.8, 4) is 0 Å². The van der Waals surface area contributed by atoms with Crippen molar-refractivity contribution >= 4 is 17.8 Å². The molecule has 3 N–H and O–H groups in total. The van der Waals surface area contributed by atoms with E-state index in [1.54, 1.807) is 24.3 Å². The largest absolute Gasteiger partial charge is 0.370 e. The van der Waals surface area contributed by atoms with Gasteiger partial charge in [-0.2, -0.15) is 0 Å². The number of guanidine groups is 1.